The van der Waals surface area contributed by atoms with Crippen molar-refractivity contribution in [2.75, 3.05) is 11.9 Å². The van der Waals surface area contributed by atoms with Crippen LogP contribution in [0.25, 0.3) is 0 Å². The van der Waals surface area contributed by atoms with Gasteiger partial charge in [0.25, 0.3) is 0 Å². The molecule has 1 N–H and O–H groups in total. The molecule has 0 spiro atoms. The van der Waals surface area contributed by atoms with Gasteiger partial charge in [-0.15, -0.1) is 11.6 Å². The fourth-order valence-corrected chi connectivity index (χ4v) is 1.38. The lowest BCUT2D eigenvalue weighted by Gasteiger charge is -2.07. The van der Waals surface area contributed by atoms with E-state index in [2.05, 4.69) is 5.32 Å². The predicted octanol–water partition coefficient (Wildman–Crippen LogP) is 3.21. The highest BCUT2D eigenvalue weighted by Crippen LogP contribution is 2.12. The van der Waals surface area contributed by atoms with Crippen LogP contribution in [0, 0.1) is 0 Å². The Morgan fingerprint density at radius 3 is 2.47 bits per heavy atom. The maximum atomic E-state index is 11.6. The molecule has 1 unspecified atom stereocenters. The summed E-state index contributed by atoms with van der Waals surface area (Å²) in [6.45, 7) is 4.05. The van der Waals surface area contributed by atoms with E-state index < -0.39 is 5.38 Å². The number of nitrogens with one attached hydrogen (secondary N) is 1. The summed E-state index contributed by atoms with van der Waals surface area (Å²) in [6.07, 6.45) is 1.84. The molecule has 0 aliphatic carbocycles. The van der Waals surface area contributed by atoms with E-state index >= 15 is 0 Å². The maximum absolute atomic E-state index is 11.6. The molecule has 0 radical (unpaired) electrons. The first kappa shape index (κ1) is 15.5. The predicted molar refractivity (Wildman–Crippen MR) is 75.6 cm³/mol. The van der Waals surface area contributed by atoms with E-state index in [0.717, 1.165) is 12.8 Å². The molecule has 0 heterocycles. The second-order valence-electron chi connectivity index (χ2n) is 4.17. The van der Waals surface area contributed by atoms with E-state index in [0.29, 0.717) is 17.9 Å². The first-order valence-electron chi connectivity index (χ1n) is 6.26. The van der Waals surface area contributed by atoms with Gasteiger partial charge < -0.3 is 10.1 Å². The number of unbranched alkanes of at least 4 members (excludes halogenated alkanes) is 1. The van der Waals surface area contributed by atoms with Crippen LogP contribution in [-0.2, 0) is 9.53 Å². The minimum Gasteiger partial charge on any atom is -0.462 e. The van der Waals surface area contributed by atoms with Crippen molar-refractivity contribution in [2.45, 2.75) is 32.1 Å². The van der Waals surface area contributed by atoms with Crippen LogP contribution in [0.2, 0.25) is 0 Å². The number of anilines is 1. The van der Waals surface area contributed by atoms with Crippen LogP contribution in [0.1, 0.15) is 37.0 Å². The van der Waals surface area contributed by atoms with E-state index in [1.807, 2.05) is 6.92 Å². The Morgan fingerprint density at radius 2 is 1.95 bits per heavy atom. The van der Waals surface area contributed by atoms with Gasteiger partial charge in [0.1, 0.15) is 5.38 Å². The maximum Gasteiger partial charge on any atom is 0.338 e. The molecule has 0 bridgehead atoms. The lowest BCUT2D eigenvalue weighted by Crippen LogP contribution is -2.20. The average molecular weight is 284 g/mol. The number of halogens is 1. The second-order valence-corrected chi connectivity index (χ2v) is 4.83. The topological polar surface area (TPSA) is 55.4 Å². The third kappa shape index (κ3) is 5.30. The molecule has 5 heteroatoms. The second kappa shape index (κ2) is 7.79. The zero-order valence-electron chi connectivity index (χ0n) is 11.1. The summed E-state index contributed by atoms with van der Waals surface area (Å²) < 4.78 is 5.08. The van der Waals surface area contributed by atoms with Crippen molar-refractivity contribution in [2.24, 2.45) is 0 Å². The van der Waals surface area contributed by atoms with Crippen LogP contribution in [0.4, 0.5) is 5.69 Å². The van der Waals surface area contributed by atoms with Crippen molar-refractivity contribution < 1.29 is 14.3 Å². The van der Waals surface area contributed by atoms with Gasteiger partial charge in [-0.25, -0.2) is 4.79 Å². The third-order valence-electron chi connectivity index (χ3n) is 2.48. The number of ether oxygens (including phenoxy) is 1. The summed E-state index contributed by atoms with van der Waals surface area (Å²) in [5, 5.41) is 2.04. The molecule has 0 aliphatic heterocycles. The number of carbonyl (C=O) groups excluding carboxylic acids is 2. The summed E-state index contributed by atoms with van der Waals surface area (Å²) >= 11 is 5.64. The molecule has 19 heavy (non-hydrogen) atoms. The molecule has 1 atom stereocenters. The first-order valence-corrected chi connectivity index (χ1v) is 6.70. The van der Waals surface area contributed by atoms with Gasteiger partial charge in [-0.1, -0.05) is 13.3 Å². The van der Waals surface area contributed by atoms with Gasteiger partial charge in [0.15, 0.2) is 0 Å². The van der Waals surface area contributed by atoms with Crippen molar-refractivity contribution in [1.29, 1.82) is 0 Å². The van der Waals surface area contributed by atoms with E-state index in [-0.39, 0.29) is 11.9 Å². The molecule has 1 aromatic rings. The molecule has 4 nitrogen and oxygen atoms in total. The van der Waals surface area contributed by atoms with Gasteiger partial charge in [0.2, 0.25) is 5.91 Å². The highest BCUT2D eigenvalue weighted by molar-refractivity contribution is 6.32. The standard InChI is InChI=1S/C14H18ClNO3/c1-3-4-9-19-14(18)11-5-7-12(8-6-11)16-13(17)10(2)15/h5-8,10H,3-4,9H2,1-2H3,(H,16,17). The summed E-state index contributed by atoms with van der Waals surface area (Å²) in [5.41, 5.74) is 1.07. The Bertz CT molecular complexity index is 429. The molecular weight excluding hydrogens is 266 g/mol. The summed E-state index contributed by atoms with van der Waals surface area (Å²) in [4.78, 5) is 23.0. The molecule has 0 saturated carbocycles. The lowest BCUT2D eigenvalue weighted by molar-refractivity contribution is -0.115. The van der Waals surface area contributed by atoms with Gasteiger partial charge in [-0.05, 0) is 37.6 Å². The molecule has 0 aliphatic rings. The van der Waals surface area contributed by atoms with Crippen molar-refractivity contribution in [1.82, 2.24) is 0 Å². The van der Waals surface area contributed by atoms with Gasteiger partial charge in [0, 0.05) is 5.69 Å². The Balaban J connectivity index is 2.56. The number of alkyl halides is 1. The zero-order valence-corrected chi connectivity index (χ0v) is 11.9. The van der Waals surface area contributed by atoms with Crippen molar-refractivity contribution in [3.8, 4) is 0 Å². The largest absolute Gasteiger partial charge is 0.462 e. The lowest BCUT2D eigenvalue weighted by atomic mass is 10.2. The van der Waals surface area contributed by atoms with Crippen LogP contribution in [0.15, 0.2) is 24.3 Å². The number of esters is 1. The van der Waals surface area contributed by atoms with Crippen molar-refractivity contribution in [3.05, 3.63) is 29.8 Å². The molecule has 1 rings (SSSR count). The van der Waals surface area contributed by atoms with Crippen LogP contribution in [-0.4, -0.2) is 23.9 Å². The van der Waals surface area contributed by atoms with E-state index in [9.17, 15) is 9.59 Å². The van der Waals surface area contributed by atoms with Gasteiger partial charge in [-0.2, -0.15) is 0 Å². The van der Waals surface area contributed by atoms with Crippen LogP contribution >= 0.6 is 11.6 Å². The average Bonchev–Trinajstić information content (AvgIpc) is 2.39. The van der Waals surface area contributed by atoms with E-state index in [4.69, 9.17) is 16.3 Å². The molecule has 0 saturated heterocycles. The monoisotopic (exact) mass is 283 g/mol. The minimum atomic E-state index is -0.598. The zero-order chi connectivity index (χ0) is 14.3. The quantitative estimate of drug-likeness (QED) is 0.495. The Morgan fingerprint density at radius 1 is 1.32 bits per heavy atom. The van der Waals surface area contributed by atoms with Crippen molar-refractivity contribution >= 4 is 29.2 Å². The molecule has 1 aromatic carbocycles. The first-order chi connectivity index (χ1) is 9.04. The fraction of sp³-hybridized carbons (Fsp3) is 0.429. The number of carbonyl (C=O) groups is 2. The third-order valence-corrected chi connectivity index (χ3v) is 2.68. The molecular formula is C14H18ClNO3. The smallest absolute Gasteiger partial charge is 0.338 e. The normalized spacial score (nSPS) is 11.7. The summed E-state index contributed by atoms with van der Waals surface area (Å²) in [5.74, 6) is -0.628. The highest BCUT2D eigenvalue weighted by atomic mass is 35.5. The Kier molecular flexibility index (Phi) is 6.36. The summed E-state index contributed by atoms with van der Waals surface area (Å²) in [6, 6.07) is 6.52. The molecule has 104 valence electrons. The number of hydrogen-bond donors (Lipinski definition) is 1. The van der Waals surface area contributed by atoms with E-state index in [1.165, 1.54) is 0 Å². The number of rotatable bonds is 6. The van der Waals surface area contributed by atoms with Gasteiger partial charge >= 0.3 is 5.97 Å². The van der Waals surface area contributed by atoms with E-state index in [1.54, 1.807) is 31.2 Å². The van der Waals surface area contributed by atoms with Gasteiger partial charge in [-0.3, -0.25) is 4.79 Å². The van der Waals surface area contributed by atoms with Crippen molar-refractivity contribution in [3.63, 3.8) is 0 Å². The SMILES string of the molecule is CCCCOC(=O)c1ccc(NC(=O)C(C)Cl)cc1. The molecule has 0 fully saturated rings. The van der Waals surface area contributed by atoms with Crippen LogP contribution < -0.4 is 5.32 Å². The highest BCUT2D eigenvalue weighted by Gasteiger charge is 2.10. The van der Waals surface area contributed by atoms with Gasteiger partial charge in [0.05, 0.1) is 12.2 Å². The number of amides is 1. The summed E-state index contributed by atoms with van der Waals surface area (Å²) in [7, 11) is 0. The number of hydrogen-bond acceptors (Lipinski definition) is 3. The Labute approximate surface area is 118 Å². The number of benzene rings is 1. The fourth-order valence-electron chi connectivity index (χ4n) is 1.32. The Hall–Kier alpha value is -1.55. The molecule has 1 amide bonds. The van der Waals surface area contributed by atoms with Crippen LogP contribution in [0.3, 0.4) is 0 Å². The molecule has 0 aromatic heterocycles. The minimum absolute atomic E-state index is 0.278. The van der Waals surface area contributed by atoms with Crippen LogP contribution in [0.5, 0.6) is 0 Å².